The third-order valence-electron chi connectivity index (χ3n) is 4.13. The summed E-state index contributed by atoms with van der Waals surface area (Å²) in [5.41, 5.74) is 1.22. The zero-order chi connectivity index (χ0) is 13.8. The van der Waals surface area contributed by atoms with Crippen LogP contribution in [0.3, 0.4) is 0 Å². The number of rotatable bonds is 4. The van der Waals surface area contributed by atoms with E-state index in [0.29, 0.717) is 19.1 Å². The van der Waals surface area contributed by atoms with Gasteiger partial charge in [0.1, 0.15) is 12.7 Å². The molecule has 3 unspecified atom stereocenters. The molecule has 1 saturated heterocycles. The zero-order valence-electron chi connectivity index (χ0n) is 11.7. The molecular weight excluding hydrogens is 273 g/mol. The Balaban J connectivity index is 1.49. The third kappa shape index (κ3) is 3.57. The molecule has 1 heterocycles. The first-order chi connectivity index (χ1) is 9.75. The Morgan fingerprint density at radius 1 is 1.20 bits per heavy atom. The van der Waals surface area contributed by atoms with E-state index in [1.54, 1.807) is 0 Å². The molecule has 0 spiro atoms. The van der Waals surface area contributed by atoms with Gasteiger partial charge in [-0.15, -0.1) is 5.09 Å². The lowest BCUT2D eigenvalue weighted by atomic mass is 9.87. The minimum atomic E-state index is -3.09. The Kier molecular flexibility index (Phi) is 4.69. The summed E-state index contributed by atoms with van der Waals surface area (Å²) in [5.74, 6) is 0.432. The van der Waals surface area contributed by atoms with E-state index >= 15 is 0 Å². The molecule has 1 aromatic carbocycles. The van der Waals surface area contributed by atoms with Gasteiger partial charge in [0.05, 0.1) is 0 Å². The van der Waals surface area contributed by atoms with Gasteiger partial charge in [-0.25, -0.2) is 0 Å². The zero-order valence-corrected chi connectivity index (χ0v) is 12.6. The lowest BCUT2D eigenvalue weighted by Gasteiger charge is -2.40. The van der Waals surface area contributed by atoms with Crippen molar-refractivity contribution in [2.75, 3.05) is 13.2 Å². The quantitative estimate of drug-likeness (QED) is 0.867. The molecule has 2 fully saturated rings. The van der Waals surface area contributed by atoms with Crippen LogP contribution in [0.5, 0.6) is 0 Å². The SMILES string of the molecule is [O-][P+]1(NCCc2ccccc2)OCC2CCCCC2O1. The molecular formula is C15H22NO3P. The molecule has 0 bridgehead atoms. The highest BCUT2D eigenvalue weighted by Gasteiger charge is 2.44. The first kappa shape index (κ1) is 14.4. The summed E-state index contributed by atoms with van der Waals surface area (Å²) in [6, 6.07) is 10.2. The summed E-state index contributed by atoms with van der Waals surface area (Å²) < 4.78 is 11.2. The number of fused-ring (bicyclic) bond motifs is 1. The van der Waals surface area contributed by atoms with Gasteiger partial charge in [0.25, 0.3) is 0 Å². The molecule has 0 amide bonds. The lowest BCUT2D eigenvalue weighted by molar-refractivity contribution is -0.242. The van der Waals surface area contributed by atoms with Crippen molar-refractivity contribution >= 4 is 8.09 Å². The van der Waals surface area contributed by atoms with Crippen molar-refractivity contribution in [3.63, 3.8) is 0 Å². The summed E-state index contributed by atoms with van der Waals surface area (Å²) >= 11 is 0. The van der Waals surface area contributed by atoms with Crippen LogP contribution >= 0.6 is 8.09 Å². The number of nitrogens with one attached hydrogen (secondary N) is 1. The number of hydrogen-bond donors (Lipinski definition) is 1. The molecule has 2 aliphatic rings. The van der Waals surface area contributed by atoms with Crippen molar-refractivity contribution in [1.29, 1.82) is 0 Å². The molecule has 1 N–H and O–H groups in total. The molecule has 1 aliphatic heterocycles. The average Bonchev–Trinajstić information content (AvgIpc) is 2.48. The van der Waals surface area contributed by atoms with Gasteiger partial charge in [-0.05, 0) is 24.8 Å². The minimum absolute atomic E-state index is 0.118. The van der Waals surface area contributed by atoms with Gasteiger partial charge in [0, 0.05) is 12.5 Å². The smallest absolute Gasteiger partial charge is 0.312 e. The standard InChI is InChI=1S/C15H22NO3P/c17-20(16-11-10-13-6-2-1-3-7-13)18-12-14-8-4-5-9-15(14)19-20/h1-3,6-7,14-15H,4-5,8-12H2,(H,16,17). The third-order valence-corrected chi connectivity index (χ3v) is 5.78. The van der Waals surface area contributed by atoms with Crippen LogP contribution < -0.4 is 9.98 Å². The molecule has 0 aromatic heterocycles. The van der Waals surface area contributed by atoms with Crippen molar-refractivity contribution in [1.82, 2.24) is 5.09 Å². The van der Waals surface area contributed by atoms with Gasteiger partial charge in [-0.1, -0.05) is 43.2 Å². The highest BCUT2D eigenvalue weighted by molar-refractivity contribution is 7.57. The first-order valence-electron chi connectivity index (χ1n) is 7.47. The maximum Gasteiger partial charge on any atom is 0.312 e. The van der Waals surface area contributed by atoms with Crippen molar-refractivity contribution in [3.05, 3.63) is 35.9 Å². The topological polar surface area (TPSA) is 53.5 Å². The van der Waals surface area contributed by atoms with E-state index in [4.69, 9.17) is 9.05 Å². The minimum Gasteiger partial charge on any atom is -0.616 e. The van der Waals surface area contributed by atoms with E-state index in [0.717, 1.165) is 19.3 Å². The highest BCUT2D eigenvalue weighted by atomic mass is 31.2. The van der Waals surface area contributed by atoms with Gasteiger partial charge in [-0.2, -0.15) is 9.05 Å². The Morgan fingerprint density at radius 2 is 2.00 bits per heavy atom. The summed E-state index contributed by atoms with van der Waals surface area (Å²) in [6.07, 6.45) is 5.50. The Morgan fingerprint density at radius 3 is 2.85 bits per heavy atom. The van der Waals surface area contributed by atoms with Crippen molar-refractivity contribution in [2.45, 2.75) is 38.2 Å². The van der Waals surface area contributed by atoms with E-state index in [-0.39, 0.29) is 6.10 Å². The predicted octanol–water partition coefficient (Wildman–Crippen LogP) is 2.46. The Bertz CT molecular complexity index is 430. The molecule has 20 heavy (non-hydrogen) atoms. The maximum absolute atomic E-state index is 12.5. The van der Waals surface area contributed by atoms with Gasteiger partial charge in [-0.3, -0.25) is 0 Å². The number of hydrogen-bond acceptors (Lipinski definition) is 4. The van der Waals surface area contributed by atoms with Crippen molar-refractivity contribution < 1.29 is 13.9 Å². The van der Waals surface area contributed by atoms with Crippen LogP contribution in [-0.2, 0) is 15.5 Å². The fourth-order valence-electron chi connectivity index (χ4n) is 2.97. The predicted molar refractivity (Wildman–Crippen MR) is 77.9 cm³/mol. The Labute approximate surface area is 121 Å². The van der Waals surface area contributed by atoms with Crippen LogP contribution in [0.4, 0.5) is 0 Å². The second-order valence-corrected chi connectivity index (χ2v) is 7.41. The van der Waals surface area contributed by atoms with Crippen LogP contribution in [0.25, 0.3) is 0 Å². The normalized spacial score (nSPS) is 33.6. The molecule has 1 aliphatic carbocycles. The summed E-state index contributed by atoms with van der Waals surface area (Å²) in [7, 11) is -3.09. The molecule has 1 saturated carbocycles. The van der Waals surface area contributed by atoms with E-state index in [1.807, 2.05) is 18.2 Å². The fourth-order valence-corrected chi connectivity index (χ4v) is 4.60. The molecule has 3 atom stereocenters. The molecule has 1 aromatic rings. The second kappa shape index (κ2) is 6.50. The largest absolute Gasteiger partial charge is 0.616 e. The van der Waals surface area contributed by atoms with Crippen LogP contribution in [0.1, 0.15) is 31.2 Å². The van der Waals surface area contributed by atoms with Crippen molar-refractivity contribution in [2.24, 2.45) is 5.92 Å². The van der Waals surface area contributed by atoms with E-state index in [1.165, 1.54) is 18.4 Å². The molecule has 4 nitrogen and oxygen atoms in total. The summed E-state index contributed by atoms with van der Waals surface area (Å²) in [4.78, 5) is 12.5. The van der Waals surface area contributed by atoms with Crippen LogP contribution in [0.15, 0.2) is 30.3 Å². The molecule has 3 rings (SSSR count). The van der Waals surface area contributed by atoms with Crippen LogP contribution in [0.2, 0.25) is 0 Å². The molecule has 110 valence electrons. The number of benzene rings is 1. The maximum atomic E-state index is 12.5. The first-order valence-corrected chi connectivity index (χ1v) is 9.01. The lowest BCUT2D eigenvalue weighted by Crippen LogP contribution is -2.43. The molecule has 0 radical (unpaired) electrons. The van der Waals surface area contributed by atoms with Gasteiger partial charge in [0.2, 0.25) is 0 Å². The summed E-state index contributed by atoms with van der Waals surface area (Å²) in [5, 5.41) is 2.99. The molecule has 5 heteroatoms. The monoisotopic (exact) mass is 295 g/mol. The van der Waals surface area contributed by atoms with E-state index in [9.17, 15) is 4.89 Å². The average molecular weight is 295 g/mol. The van der Waals surface area contributed by atoms with Gasteiger partial charge < -0.3 is 4.89 Å². The van der Waals surface area contributed by atoms with Crippen LogP contribution in [0, 0.1) is 5.92 Å². The fraction of sp³-hybridized carbons (Fsp3) is 0.600. The van der Waals surface area contributed by atoms with Crippen molar-refractivity contribution in [3.8, 4) is 0 Å². The van der Waals surface area contributed by atoms with Crippen LogP contribution in [-0.4, -0.2) is 19.3 Å². The second-order valence-electron chi connectivity index (χ2n) is 5.63. The van der Waals surface area contributed by atoms with Gasteiger partial charge in [0.15, 0.2) is 0 Å². The summed E-state index contributed by atoms with van der Waals surface area (Å²) in [6.45, 7) is 1.18. The Hall–Kier alpha value is -0.510. The van der Waals surface area contributed by atoms with E-state index < -0.39 is 8.09 Å². The highest BCUT2D eigenvalue weighted by Crippen LogP contribution is 2.55. The van der Waals surface area contributed by atoms with Gasteiger partial charge >= 0.3 is 8.09 Å². The van der Waals surface area contributed by atoms with E-state index in [2.05, 4.69) is 17.2 Å².